The van der Waals surface area contributed by atoms with Gasteiger partial charge in [0.2, 0.25) is 5.91 Å². The molecule has 0 aromatic carbocycles. The fourth-order valence-electron chi connectivity index (χ4n) is 2.33. The van der Waals surface area contributed by atoms with Crippen LogP contribution in [0.1, 0.15) is 36.9 Å². The summed E-state index contributed by atoms with van der Waals surface area (Å²) in [5, 5.41) is 0. The highest BCUT2D eigenvalue weighted by atomic mass is 19.4. The maximum atomic E-state index is 13.1. The zero-order valence-corrected chi connectivity index (χ0v) is 13.5. The molecule has 0 saturated heterocycles. The Morgan fingerprint density at radius 2 is 2.00 bits per heavy atom. The van der Waals surface area contributed by atoms with Crippen LogP contribution in [-0.2, 0) is 17.4 Å². The number of primary amides is 1. The smallest absolute Gasteiger partial charge is 0.368 e. The zero-order valence-electron chi connectivity index (χ0n) is 13.5. The fraction of sp³-hybridized carbons (Fsp3) is 0.600. The number of halogens is 3. The van der Waals surface area contributed by atoms with Crippen LogP contribution in [0.15, 0.2) is 17.1 Å². The SMILES string of the molecule is CCCC(C(N)=O)n1cc(CCN(C)C)c(C(F)(F)F)cc1=O. The summed E-state index contributed by atoms with van der Waals surface area (Å²) in [6, 6.07) is -0.385. The molecular weight excluding hydrogens is 311 g/mol. The molecule has 1 rings (SSSR count). The maximum Gasteiger partial charge on any atom is 0.416 e. The number of pyridine rings is 1. The normalized spacial score (nSPS) is 13.3. The summed E-state index contributed by atoms with van der Waals surface area (Å²) >= 11 is 0. The molecule has 0 radical (unpaired) electrons. The van der Waals surface area contributed by atoms with Crippen LogP contribution in [0.3, 0.4) is 0 Å². The first-order valence-corrected chi connectivity index (χ1v) is 7.34. The Balaban J connectivity index is 3.42. The second kappa shape index (κ2) is 7.63. The van der Waals surface area contributed by atoms with Crippen molar-refractivity contribution in [1.29, 1.82) is 0 Å². The van der Waals surface area contributed by atoms with E-state index in [-0.39, 0.29) is 12.0 Å². The van der Waals surface area contributed by atoms with Crippen LogP contribution in [-0.4, -0.2) is 36.0 Å². The van der Waals surface area contributed by atoms with Crippen LogP contribution in [0.5, 0.6) is 0 Å². The predicted molar refractivity (Wildman–Crippen MR) is 81.1 cm³/mol. The molecule has 1 aromatic rings. The average molecular weight is 333 g/mol. The predicted octanol–water partition coefficient (Wildman–Crippen LogP) is 1.80. The van der Waals surface area contributed by atoms with Crippen LogP contribution in [0.2, 0.25) is 0 Å². The number of carbonyl (C=O) groups excluding carboxylic acids is 1. The van der Waals surface area contributed by atoms with Crippen molar-refractivity contribution < 1.29 is 18.0 Å². The molecule has 0 aliphatic carbocycles. The largest absolute Gasteiger partial charge is 0.416 e. The van der Waals surface area contributed by atoms with Gasteiger partial charge in [0.1, 0.15) is 6.04 Å². The number of likely N-dealkylation sites (N-methyl/N-ethyl adjacent to an activating group) is 1. The number of hydrogen-bond donors (Lipinski definition) is 1. The molecule has 0 spiro atoms. The Kier molecular flexibility index (Phi) is 6.37. The number of nitrogens with two attached hydrogens (primary N) is 1. The first-order chi connectivity index (χ1) is 10.6. The van der Waals surface area contributed by atoms with Crippen molar-refractivity contribution >= 4 is 5.91 Å². The van der Waals surface area contributed by atoms with Gasteiger partial charge in [0.25, 0.3) is 5.56 Å². The van der Waals surface area contributed by atoms with Gasteiger partial charge < -0.3 is 15.2 Å². The lowest BCUT2D eigenvalue weighted by Crippen LogP contribution is -2.35. The number of nitrogens with zero attached hydrogens (tertiary/aromatic N) is 2. The quantitative estimate of drug-likeness (QED) is 0.827. The van der Waals surface area contributed by atoms with Crippen LogP contribution in [0, 0.1) is 0 Å². The number of rotatable bonds is 7. The van der Waals surface area contributed by atoms with E-state index in [4.69, 9.17) is 5.73 Å². The van der Waals surface area contributed by atoms with E-state index in [2.05, 4.69) is 0 Å². The van der Waals surface area contributed by atoms with Gasteiger partial charge in [-0.25, -0.2) is 0 Å². The molecule has 1 atom stereocenters. The molecule has 130 valence electrons. The number of amides is 1. The minimum atomic E-state index is -4.62. The highest BCUT2D eigenvalue weighted by Crippen LogP contribution is 2.31. The molecule has 0 aliphatic heterocycles. The molecule has 8 heteroatoms. The van der Waals surface area contributed by atoms with E-state index in [0.717, 1.165) is 10.8 Å². The molecule has 1 unspecified atom stereocenters. The van der Waals surface area contributed by atoms with E-state index < -0.39 is 29.2 Å². The molecule has 0 saturated carbocycles. The molecule has 0 aliphatic rings. The molecule has 2 N–H and O–H groups in total. The topological polar surface area (TPSA) is 68.3 Å². The highest BCUT2D eigenvalue weighted by Gasteiger charge is 2.34. The van der Waals surface area contributed by atoms with E-state index >= 15 is 0 Å². The van der Waals surface area contributed by atoms with Crippen molar-refractivity contribution in [2.24, 2.45) is 5.73 Å². The van der Waals surface area contributed by atoms with Gasteiger partial charge in [0.05, 0.1) is 5.56 Å². The number of hydrogen-bond acceptors (Lipinski definition) is 3. The molecular formula is C15H22F3N3O2. The zero-order chi connectivity index (χ0) is 17.8. The summed E-state index contributed by atoms with van der Waals surface area (Å²) in [5.74, 6) is -0.729. The third kappa shape index (κ3) is 5.09. The van der Waals surface area contributed by atoms with Gasteiger partial charge >= 0.3 is 6.18 Å². The van der Waals surface area contributed by atoms with E-state index in [1.165, 1.54) is 0 Å². The third-order valence-electron chi connectivity index (χ3n) is 3.52. The lowest BCUT2D eigenvalue weighted by atomic mass is 10.0. The van der Waals surface area contributed by atoms with Gasteiger partial charge in [0.15, 0.2) is 0 Å². The summed E-state index contributed by atoms with van der Waals surface area (Å²) < 4.78 is 40.4. The Bertz CT molecular complexity index is 609. The van der Waals surface area contributed by atoms with Crippen molar-refractivity contribution in [2.45, 2.75) is 38.4 Å². The number of alkyl halides is 3. The van der Waals surface area contributed by atoms with Crippen molar-refractivity contribution in [1.82, 2.24) is 9.47 Å². The molecule has 1 aromatic heterocycles. The van der Waals surface area contributed by atoms with Crippen molar-refractivity contribution in [2.75, 3.05) is 20.6 Å². The number of carbonyl (C=O) groups is 1. The van der Waals surface area contributed by atoms with Crippen LogP contribution in [0.25, 0.3) is 0 Å². The Hall–Kier alpha value is -1.83. The van der Waals surface area contributed by atoms with Crippen LogP contribution < -0.4 is 11.3 Å². The van der Waals surface area contributed by atoms with Crippen molar-refractivity contribution in [3.63, 3.8) is 0 Å². The first kappa shape index (κ1) is 19.2. The minimum Gasteiger partial charge on any atom is -0.368 e. The van der Waals surface area contributed by atoms with Gasteiger partial charge in [-0.15, -0.1) is 0 Å². The summed E-state index contributed by atoms with van der Waals surface area (Å²) in [4.78, 5) is 25.3. The summed E-state index contributed by atoms with van der Waals surface area (Å²) in [6.45, 7) is 2.19. The van der Waals surface area contributed by atoms with Crippen molar-refractivity contribution in [3.8, 4) is 0 Å². The average Bonchev–Trinajstić information content (AvgIpc) is 2.42. The molecule has 23 heavy (non-hydrogen) atoms. The molecule has 5 nitrogen and oxygen atoms in total. The number of aromatic nitrogens is 1. The summed E-state index contributed by atoms with van der Waals surface area (Å²) in [6.07, 6.45) is -2.51. The molecule has 1 heterocycles. The fourth-order valence-corrected chi connectivity index (χ4v) is 2.33. The van der Waals surface area contributed by atoms with Gasteiger partial charge in [0, 0.05) is 18.8 Å². The molecule has 0 bridgehead atoms. The minimum absolute atomic E-state index is 0.0202. The Morgan fingerprint density at radius 1 is 1.39 bits per heavy atom. The van der Waals surface area contributed by atoms with Crippen molar-refractivity contribution in [3.05, 3.63) is 33.7 Å². The van der Waals surface area contributed by atoms with Crippen LogP contribution in [0.4, 0.5) is 13.2 Å². The van der Waals surface area contributed by atoms with E-state index in [1.807, 2.05) is 0 Å². The first-order valence-electron chi connectivity index (χ1n) is 7.34. The van der Waals surface area contributed by atoms with Gasteiger partial charge in [-0.05, 0) is 32.5 Å². The van der Waals surface area contributed by atoms with Gasteiger partial charge in [-0.3, -0.25) is 9.59 Å². The monoisotopic (exact) mass is 333 g/mol. The van der Waals surface area contributed by atoms with Crippen LogP contribution >= 0.6 is 0 Å². The standard InChI is InChI=1S/C15H22F3N3O2/c1-4-5-12(14(19)23)21-9-10(6-7-20(2)3)11(8-13(21)22)15(16,17)18/h8-9,12H,4-7H2,1-3H3,(H2,19,23). The summed E-state index contributed by atoms with van der Waals surface area (Å²) in [7, 11) is 3.49. The molecule has 1 amide bonds. The second-order valence-corrected chi connectivity index (χ2v) is 5.72. The highest BCUT2D eigenvalue weighted by molar-refractivity contribution is 5.78. The maximum absolute atomic E-state index is 13.1. The molecule has 0 fully saturated rings. The van der Waals surface area contributed by atoms with E-state index in [9.17, 15) is 22.8 Å². The lowest BCUT2D eigenvalue weighted by Gasteiger charge is -2.20. The van der Waals surface area contributed by atoms with Gasteiger partial charge in [-0.1, -0.05) is 13.3 Å². The third-order valence-corrected chi connectivity index (χ3v) is 3.52. The van der Waals surface area contributed by atoms with E-state index in [1.54, 1.807) is 25.9 Å². The Morgan fingerprint density at radius 3 is 2.43 bits per heavy atom. The lowest BCUT2D eigenvalue weighted by molar-refractivity contribution is -0.138. The second-order valence-electron chi connectivity index (χ2n) is 5.72. The Labute approximate surface area is 132 Å². The van der Waals surface area contributed by atoms with Gasteiger partial charge in [-0.2, -0.15) is 13.2 Å². The van der Waals surface area contributed by atoms with E-state index in [0.29, 0.717) is 25.5 Å². The summed E-state index contributed by atoms with van der Waals surface area (Å²) in [5.41, 5.74) is 3.44.